The number of rotatable bonds is 3. The molecule has 0 saturated carbocycles. The summed E-state index contributed by atoms with van der Waals surface area (Å²) in [6.07, 6.45) is 0. The Hall–Kier alpha value is -3.30. The van der Waals surface area contributed by atoms with Gasteiger partial charge in [0.1, 0.15) is 5.65 Å². The van der Waals surface area contributed by atoms with Crippen molar-refractivity contribution in [3.63, 3.8) is 0 Å². The number of nitrogens with zero attached hydrogens (tertiary/aromatic N) is 3. The van der Waals surface area contributed by atoms with E-state index in [-0.39, 0.29) is 23.3 Å². The van der Waals surface area contributed by atoms with Crippen molar-refractivity contribution in [2.24, 2.45) is 7.05 Å². The van der Waals surface area contributed by atoms with E-state index < -0.39 is 34.7 Å². The van der Waals surface area contributed by atoms with E-state index in [1.165, 1.54) is 13.1 Å². The average molecular weight is 336 g/mol. The van der Waals surface area contributed by atoms with Crippen LogP contribution >= 0.6 is 0 Å². The lowest BCUT2D eigenvalue weighted by atomic mass is 10.2. The number of hydrogen-bond acceptors (Lipinski definition) is 4. The predicted molar refractivity (Wildman–Crippen MR) is 78.0 cm³/mol. The molecule has 24 heavy (non-hydrogen) atoms. The molecule has 3 aromatic rings. The molecule has 8 nitrogen and oxygen atoms in total. The van der Waals surface area contributed by atoms with Gasteiger partial charge in [0.05, 0.1) is 6.54 Å². The third kappa shape index (κ3) is 2.37. The van der Waals surface area contributed by atoms with E-state index in [0.717, 1.165) is 21.3 Å². The third-order valence-corrected chi connectivity index (χ3v) is 3.51. The molecule has 2 aromatic heterocycles. The molecule has 1 aromatic carbocycles. The summed E-state index contributed by atoms with van der Waals surface area (Å²) in [6, 6.07) is 3.00. The van der Waals surface area contributed by atoms with Gasteiger partial charge < -0.3 is 10.1 Å². The highest BCUT2D eigenvalue weighted by atomic mass is 19.2. The molecular formula is C14H10F2N4O4. The van der Waals surface area contributed by atoms with Gasteiger partial charge in [-0.3, -0.25) is 13.9 Å². The van der Waals surface area contributed by atoms with Crippen LogP contribution in [0, 0.1) is 11.6 Å². The van der Waals surface area contributed by atoms with Gasteiger partial charge >= 0.3 is 11.7 Å². The fourth-order valence-corrected chi connectivity index (χ4v) is 2.31. The minimum absolute atomic E-state index is 0.0380. The van der Waals surface area contributed by atoms with Crippen LogP contribution in [0.15, 0.2) is 27.8 Å². The lowest BCUT2D eigenvalue weighted by Gasteiger charge is -2.08. The number of aromatic carboxylic acids is 1. The number of aryl methyl sites for hydroxylation is 1. The molecule has 0 unspecified atom stereocenters. The summed E-state index contributed by atoms with van der Waals surface area (Å²) >= 11 is 0. The van der Waals surface area contributed by atoms with Crippen molar-refractivity contribution >= 4 is 17.1 Å². The number of halogens is 2. The van der Waals surface area contributed by atoms with Crippen LogP contribution < -0.4 is 11.2 Å². The molecule has 2 heterocycles. The van der Waals surface area contributed by atoms with Crippen LogP contribution in [0.2, 0.25) is 0 Å². The Balaban J connectivity index is 2.21. The summed E-state index contributed by atoms with van der Waals surface area (Å²) in [5, 5.41) is 8.93. The molecule has 3 rings (SSSR count). The Morgan fingerprint density at radius 1 is 1.29 bits per heavy atom. The van der Waals surface area contributed by atoms with Crippen molar-refractivity contribution in [1.82, 2.24) is 19.1 Å². The number of carboxylic acid groups (broad SMARTS) is 1. The molecule has 0 fully saturated rings. The van der Waals surface area contributed by atoms with Gasteiger partial charge in [0.15, 0.2) is 17.2 Å². The maximum Gasteiger partial charge on any atom is 0.371 e. The van der Waals surface area contributed by atoms with Crippen molar-refractivity contribution in [2.75, 3.05) is 0 Å². The van der Waals surface area contributed by atoms with Gasteiger partial charge in [-0.15, -0.1) is 0 Å². The second kappa shape index (κ2) is 5.41. The summed E-state index contributed by atoms with van der Waals surface area (Å²) in [5.74, 6) is -4.02. The molecule has 0 aliphatic rings. The van der Waals surface area contributed by atoms with E-state index in [4.69, 9.17) is 5.11 Å². The third-order valence-electron chi connectivity index (χ3n) is 3.51. The van der Waals surface area contributed by atoms with Gasteiger partial charge in [-0.25, -0.2) is 23.4 Å². The van der Waals surface area contributed by atoms with Gasteiger partial charge in [-0.1, -0.05) is 6.07 Å². The number of hydrogen-bond donors (Lipinski definition) is 2. The standard InChI is InChI=1S/C14H10F2N4O4/c1-19-11-9(17-10(18-11)13(22)23)12(21)20(14(19)24)5-6-2-3-7(15)8(16)4-6/h2-4H,5H2,1H3,(H,17,18)(H,22,23). The second-order valence-corrected chi connectivity index (χ2v) is 5.07. The Bertz CT molecular complexity index is 1100. The molecule has 0 aliphatic heterocycles. The summed E-state index contributed by atoms with van der Waals surface area (Å²) in [7, 11) is 1.33. The molecule has 0 bridgehead atoms. The summed E-state index contributed by atoms with van der Waals surface area (Å²) in [5.41, 5.74) is -1.66. The zero-order valence-corrected chi connectivity index (χ0v) is 12.2. The van der Waals surface area contributed by atoms with Crippen molar-refractivity contribution in [3.05, 3.63) is 62.1 Å². The number of carboxylic acids is 1. The fraction of sp³-hybridized carbons (Fsp3) is 0.143. The molecule has 2 N–H and O–H groups in total. The first-order chi connectivity index (χ1) is 11.3. The highest BCUT2D eigenvalue weighted by Gasteiger charge is 2.18. The minimum Gasteiger partial charge on any atom is -0.475 e. The van der Waals surface area contributed by atoms with Gasteiger partial charge in [-0.2, -0.15) is 0 Å². The lowest BCUT2D eigenvalue weighted by molar-refractivity contribution is 0.0685. The van der Waals surface area contributed by atoms with Crippen molar-refractivity contribution in [2.45, 2.75) is 6.54 Å². The number of H-pyrrole nitrogens is 1. The molecule has 0 saturated heterocycles. The largest absolute Gasteiger partial charge is 0.475 e. The number of fused-ring (bicyclic) bond motifs is 1. The van der Waals surface area contributed by atoms with Gasteiger partial charge in [0.25, 0.3) is 5.56 Å². The van der Waals surface area contributed by atoms with Crippen LogP contribution in [0.5, 0.6) is 0 Å². The van der Waals surface area contributed by atoms with E-state index in [0.29, 0.717) is 0 Å². The van der Waals surface area contributed by atoms with Crippen LogP contribution in [0.25, 0.3) is 11.2 Å². The first-order valence-corrected chi connectivity index (χ1v) is 6.66. The topological polar surface area (TPSA) is 110 Å². The van der Waals surface area contributed by atoms with E-state index in [1.807, 2.05) is 0 Å². The molecule has 0 aliphatic carbocycles. The zero-order valence-electron chi connectivity index (χ0n) is 12.2. The molecular weight excluding hydrogens is 326 g/mol. The monoisotopic (exact) mass is 336 g/mol. The Kier molecular flexibility index (Phi) is 3.51. The van der Waals surface area contributed by atoms with Crippen molar-refractivity contribution in [3.8, 4) is 0 Å². The highest BCUT2D eigenvalue weighted by Crippen LogP contribution is 2.10. The maximum absolute atomic E-state index is 13.3. The number of aromatic nitrogens is 4. The number of carbonyl (C=O) groups is 1. The molecule has 0 atom stereocenters. The second-order valence-electron chi connectivity index (χ2n) is 5.07. The van der Waals surface area contributed by atoms with Crippen LogP contribution in [0.4, 0.5) is 8.78 Å². The van der Waals surface area contributed by atoms with E-state index in [1.54, 1.807) is 0 Å². The number of benzene rings is 1. The van der Waals surface area contributed by atoms with Crippen LogP contribution in [-0.2, 0) is 13.6 Å². The molecule has 0 amide bonds. The molecule has 0 radical (unpaired) electrons. The molecule has 0 spiro atoms. The fourth-order valence-electron chi connectivity index (χ4n) is 2.31. The van der Waals surface area contributed by atoms with Crippen molar-refractivity contribution < 1.29 is 18.7 Å². The van der Waals surface area contributed by atoms with Crippen LogP contribution in [-0.4, -0.2) is 30.2 Å². The molecule has 124 valence electrons. The first-order valence-electron chi connectivity index (χ1n) is 6.66. The Labute approximate surface area is 131 Å². The minimum atomic E-state index is -1.38. The average Bonchev–Trinajstić information content (AvgIpc) is 2.99. The van der Waals surface area contributed by atoms with Gasteiger partial charge in [0.2, 0.25) is 5.82 Å². The van der Waals surface area contributed by atoms with E-state index in [9.17, 15) is 23.2 Å². The number of imidazole rings is 1. The smallest absolute Gasteiger partial charge is 0.371 e. The van der Waals surface area contributed by atoms with E-state index in [2.05, 4.69) is 9.97 Å². The Morgan fingerprint density at radius 3 is 2.62 bits per heavy atom. The SMILES string of the molecule is Cn1c(=O)n(Cc2ccc(F)c(F)c2)c(=O)c2nc(C(=O)O)[nH]c21. The quantitative estimate of drug-likeness (QED) is 0.721. The van der Waals surface area contributed by atoms with Gasteiger partial charge in [0, 0.05) is 7.05 Å². The van der Waals surface area contributed by atoms with E-state index >= 15 is 0 Å². The normalized spacial score (nSPS) is 11.1. The Morgan fingerprint density at radius 2 is 2.00 bits per heavy atom. The van der Waals surface area contributed by atoms with Crippen molar-refractivity contribution in [1.29, 1.82) is 0 Å². The maximum atomic E-state index is 13.3. The van der Waals surface area contributed by atoms with Crippen LogP contribution in [0.3, 0.4) is 0 Å². The zero-order chi connectivity index (χ0) is 17.6. The summed E-state index contributed by atoms with van der Waals surface area (Å²) < 4.78 is 28.0. The summed E-state index contributed by atoms with van der Waals surface area (Å²) in [4.78, 5) is 41.7. The first kappa shape index (κ1) is 15.6. The summed E-state index contributed by atoms with van der Waals surface area (Å²) in [6.45, 7) is -0.312. The van der Waals surface area contributed by atoms with Gasteiger partial charge in [-0.05, 0) is 17.7 Å². The number of aromatic amines is 1. The van der Waals surface area contributed by atoms with Crippen LogP contribution in [0.1, 0.15) is 16.2 Å². The highest BCUT2D eigenvalue weighted by molar-refractivity contribution is 5.87. The number of nitrogens with one attached hydrogen (secondary N) is 1. The lowest BCUT2D eigenvalue weighted by Crippen LogP contribution is -2.39. The predicted octanol–water partition coefficient (Wildman–Crippen LogP) is 0.448. The molecule has 10 heteroatoms.